The first kappa shape index (κ1) is 16.6. The van der Waals surface area contributed by atoms with Crippen molar-refractivity contribution >= 4 is 52.4 Å². The van der Waals surface area contributed by atoms with Gasteiger partial charge in [-0.1, -0.05) is 48.7 Å². The predicted octanol–water partition coefficient (Wildman–Crippen LogP) is 4.33. The molecule has 0 fully saturated rings. The highest BCUT2D eigenvalue weighted by Crippen LogP contribution is 2.40. The van der Waals surface area contributed by atoms with E-state index >= 15 is 0 Å². The van der Waals surface area contributed by atoms with E-state index < -0.39 is 14.6 Å². The Labute approximate surface area is 117 Å². The fraction of sp³-hybridized carbons (Fsp3) is 0.900. The van der Waals surface area contributed by atoms with Crippen LogP contribution in [0.3, 0.4) is 0 Å². The Morgan fingerprint density at radius 3 is 2.19 bits per heavy atom. The molecule has 0 N–H and O–H groups in total. The SMILES string of the molecule is CCOC(=O)CC(C)(C)[C@@H](Cl)CC(Cl)(Cl)Cl. The maximum atomic E-state index is 11.3. The third kappa shape index (κ3) is 7.05. The Bertz CT molecular complexity index is 235. The largest absolute Gasteiger partial charge is 0.466 e. The van der Waals surface area contributed by atoms with Crippen molar-refractivity contribution < 1.29 is 9.53 Å². The van der Waals surface area contributed by atoms with Crippen LogP contribution in [0.2, 0.25) is 0 Å². The van der Waals surface area contributed by atoms with Gasteiger partial charge in [0.05, 0.1) is 13.0 Å². The number of alkyl halides is 4. The Kier molecular flexibility index (Phi) is 6.79. The molecule has 0 rings (SSSR count). The summed E-state index contributed by atoms with van der Waals surface area (Å²) in [6.45, 7) is 5.80. The topological polar surface area (TPSA) is 26.3 Å². The van der Waals surface area contributed by atoms with Crippen LogP contribution in [0.4, 0.5) is 0 Å². The molecule has 0 aromatic carbocycles. The van der Waals surface area contributed by atoms with Crippen molar-refractivity contribution in [2.75, 3.05) is 6.61 Å². The van der Waals surface area contributed by atoms with Crippen molar-refractivity contribution in [3.05, 3.63) is 0 Å². The van der Waals surface area contributed by atoms with Crippen molar-refractivity contribution in [1.82, 2.24) is 0 Å². The minimum absolute atomic E-state index is 0.186. The quantitative estimate of drug-likeness (QED) is 0.558. The van der Waals surface area contributed by atoms with E-state index in [1.54, 1.807) is 6.92 Å². The molecule has 0 aromatic rings. The lowest BCUT2D eigenvalue weighted by Gasteiger charge is -2.30. The average molecular weight is 310 g/mol. The Morgan fingerprint density at radius 2 is 1.81 bits per heavy atom. The number of carbonyl (C=O) groups is 1. The third-order valence-electron chi connectivity index (χ3n) is 2.16. The van der Waals surface area contributed by atoms with E-state index in [-0.39, 0.29) is 18.8 Å². The summed E-state index contributed by atoms with van der Waals surface area (Å²) in [6, 6.07) is 0. The maximum Gasteiger partial charge on any atom is 0.306 e. The van der Waals surface area contributed by atoms with Gasteiger partial charge in [-0.2, -0.15) is 0 Å². The molecule has 6 heteroatoms. The average Bonchev–Trinajstić information content (AvgIpc) is 1.99. The number of esters is 1. The van der Waals surface area contributed by atoms with E-state index in [2.05, 4.69) is 0 Å². The Morgan fingerprint density at radius 1 is 1.31 bits per heavy atom. The lowest BCUT2D eigenvalue weighted by atomic mass is 9.84. The highest BCUT2D eigenvalue weighted by Gasteiger charge is 2.36. The van der Waals surface area contributed by atoms with Crippen LogP contribution in [0, 0.1) is 5.41 Å². The lowest BCUT2D eigenvalue weighted by molar-refractivity contribution is -0.145. The third-order valence-corrected chi connectivity index (χ3v) is 3.37. The van der Waals surface area contributed by atoms with E-state index in [0.29, 0.717) is 6.61 Å². The van der Waals surface area contributed by atoms with E-state index in [0.717, 1.165) is 0 Å². The summed E-state index contributed by atoms with van der Waals surface area (Å²) in [5.41, 5.74) is -0.474. The molecule has 0 saturated carbocycles. The second kappa shape index (κ2) is 6.53. The van der Waals surface area contributed by atoms with E-state index in [1.165, 1.54) is 0 Å². The van der Waals surface area contributed by atoms with Crippen molar-refractivity contribution in [2.24, 2.45) is 5.41 Å². The summed E-state index contributed by atoms with van der Waals surface area (Å²) in [4.78, 5) is 11.3. The molecule has 2 nitrogen and oxygen atoms in total. The van der Waals surface area contributed by atoms with Gasteiger partial charge in [0.2, 0.25) is 0 Å². The van der Waals surface area contributed by atoms with Gasteiger partial charge >= 0.3 is 5.97 Å². The van der Waals surface area contributed by atoms with Crippen LogP contribution in [0.1, 0.15) is 33.6 Å². The Hall–Kier alpha value is 0.630. The molecule has 0 aliphatic carbocycles. The first-order chi connectivity index (χ1) is 7.08. The molecule has 0 saturated heterocycles. The standard InChI is InChI=1S/C10H16Cl4O2/c1-4-16-8(15)6-9(2,3)7(11)5-10(12,13)14/h7H,4-6H2,1-3H3/t7-/m0/s1. The van der Waals surface area contributed by atoms with Gasteiger partial charge in [-0.05, 0) is 12.3 Å². The Balaban J connectivity index is 4.36. The van der Waals surface area contributed by atoms with Gasteiger partial charge < -0.3 is 4.74 Å². The second-order valence-electron chi connectivity index (χ2n) is 4.26. The molecule has 0 bridgehead atoms. The van der Waals surface area contributed by atoms with Crippen LogP contribution in [0.5, 0.6) is 0 Å². The molecule has 0 unspecified atom stereocenters. The molecular formula is C10H16Cl4O2. The first-order valence-corrected chi connectivity index (χ1v) is 6.52. The molecular weight excluding hydrogens is 294 g/mol. The van der Waals surface area contributed by atoms with E-state index in [1.807, 2.05) is 13.8 Å². The molecule has 0 heterocycles. The summed E-state index contributed by atoms with van der Waals surface area (Å²) in [5, 5.41) is -0.413. The van der Waals surface area contributed by atoms with E-state index in [4.69, 9.17) is 51.1 Å². The number of halogens is 4. The lowest BCUT2D eigenvalue weighted by Crippen LogP contribution is -2.31. The molecule has 0 aliphatic rings. The summed E-state index contributed by atoms with van der Waals surface area (Å²) in [5.74, 6) is -0.289. The van der Waals surface area contributed by atoms with Gasteiger partial charge in [0, 0.05) is 11.8 Å². The summed E-state index contributed by atoms with van der Waals surface area (Å²) in [6.07, 6.45) is 0.390. The number of rotatable bonds is 5. The molecule has 96 valence electrons. The molecule has 16 heavy (non-hydrogen) atoms. The van der Waals surface area contributed by atoms with Crippen molar-refractivity contribution in [3.63, 3.8) is 0 Å². The highest BCUT2D eigenvalue weighted by atomic mass is 35.6. The summed E-state index contributed by atoms with van der Waals surface area (Å²) in [7, 11) is 0. The predicted molar refractivity (Wildman–Crippen MR) is 69.6 cm³/mol. The van der Waals surface area contributed by atoms with Gasteiger partial charge in [0.1, 0.15) is 0 Å². The van der Waals surface area contributed by atoms with Gasteiger partial charge in [0.25, 0.3) is 0 Å². The number of hydrogen-bond donors (Lipinski definition) is 0. The van der Waals surface area contributed by atoms with Gasteiger partial charge in [-0.3, -0.25) is 4.79 Å². The van der Waals surface area contributed by atoms with Crippen molar-refractivity contribution in [1.29, 1.82) is 0 Å². The van der Waals surface area contributed by atoms with Crippen LogP contribution in [-0.4, -0.2) is 21.7 Å². The molecule has 0 aliphatic heterocycles. The monoisotopic (exact) mass is 308 g/mol. The number of carbonyl (C=O) groups excluding carboxylic acids is 1. The van der Waals surface area contributed by atoms with Crippen molar-refractivity contribution in [2.45, 2.75) is 42.8 Å². The van der Waals surface area contributed by atoms with Crippen LogP contribution in [0.25, 0.3) is 0 Å². The molecule has 1 atom stereocenters. The van der Waals surface area contributed by atoms with Gasteiger partial charge in [0.15, 0.2) is 3.79 Å². The second-order valence-corrected chi connectivity index (χ2v) is 7.30. The van der Waals surface area contributed by atoms with Crippen LogP contribution >= 0.6 is 46.4 Å². The van der Waals surface area contributed by atoms with Gasteiger partial charge in [-0.25, -0.2) is 0 Å². The zero-order valence-electron chi connectivity index (χ0n) is 9.53. The zero-order chi connectivity index (χ0) is 13.0. The maximum absolute atomic E-state index is 11.3. The fourth-order valence-corrected chi connectivity index (χ4v) is 2.18. The fourth-order valence-electron chi connectivity index (χ4n) is 1.17. The smallest absolute Gasteiger partial charge is 0.306 e. The molecule has 0 amide bonds. The summed E-state index contributed by atoms with van der Waals surface area (Å²) < 4.78 is 3.46. The number of hydrogen-bond acceptors (Lipinski definition) is 2. The minimum atomic E-state index is -1.40. The van der Waals surface area contributed by atoms with Crippen molar-refractivity contribution in [3.8, 4) is 0 Å². The first-order valence-electron chi connectivity index (χ1n) is 4.95. The van der Waals surface area contributed by atoms with E-state index in [9.17, 15) is 4.79 Å². The number of ether oxygens (including phenoxy) is 1. The summed E-state index contributed by atoms with van der Waals surface area (Å²) >= 11 is 23.1. The normalized spacial score (nSPS) is 14.7. The zero-order valence-corrected chi connectivity index (χ0v) is 12.6. The highest BCUT2D eigenvalue weighted by molar-refractivity contribution is 6.67. The van der Waals surface area contributed by atoms with Crippen LogP contribution < -0.4 is 0 Å². The minimum Gasteiger partial charge on any atom is -0.466 e. The van der Waals surface area contributed by atoms with Crippen LogP contribution in [0.15, 0.2) is 0 Å². The molecule has 0 radical (unpaired) electrons. The molecule has 0 aromatic heterocycles. The van der Waals surface area contributed by atoms with Gasteiger partial charge in [-0.15, -0.1) is 11.6 Å². The molecule has 0 spiro atoms. The van der Waals surface area contributed by atoms with Crippen LogP contribution in [-0.2, 0) is 9.53 Å².